The summed E-state index contributed by atoms with van der Waals surface area (Å²) in [6, 6.07) is 2.93. The number of amides is 1. The minimum atomic E-state index is -0.553. The maximum Gasteiger partial charge on any atom is 0.251 e. The van der Waals surface area contributed by atoms with Gasteiger partial charge in [-0.25, -0.2) is 15.0 Å². The van der Waals surface area contributed by atoms with Gasteiger partial charge in [0.15, 0.2) is 5.65 Å². The van der Waals surface area contributed by atoms with E-state index in [1.54, 1.807) is 18.3 Å². The molecule has 12 heteroatoms. The quantitative estimate of drug-likeness (QED) is 0.350. The van der Waals surface area contributed by atoms with Gasteiger partial charge in [0.05, 0.1) is 28.0 Å². The molecule has 0 atom stereocenters. The summed E-state index contributed by atoms with van der Waals surface area (Å²) < 4.78 is 1.95. The van der Waals surface area contributed by atoms with Crippen LogP contribution in [-0.4, -0.2) is 36.7 Å². The summed E-state index contributed by atoms with van der Waals surface area (Å²) in [6.45, 7) is 5.55. The molecule has 0 unspecified atom stereocenters. The summed E-state index contributed by atoms with van der Waals surface area (Å²) in [5.74, 6) is 0.335. The number of hydroxylamine groups is 1. The normalized spacial score (nSPS) is 20.6. The number of hydrogen-bond donors (Lipinski definition) is 3. The number of carbonyl (C=O) groups is 1. The van der Waals surface area contributed by atoms with Crippen molar-refractivity contribution in [3.05, 3.63) is 33.4 Å². The molecule has 4 rings (SSSR count). The highest BCUT2D eigenvalue weighted by atomic mass is 35.5. The average Bonchev–Trinajstić information content (AvgIpc) is 3.13. The number of carbonyl (C=O) groups excluding carboxylic acids is 1. The third kappa shape index (κ3) is 4.62. The maximum absolute atomic E-state index is 12.0. The Hall–Kier alpha value is -2.33. The summed E-state index contributed by atoms with van der Waals surface area (Å²) in [4.78, 5) is 25.5. The van der Waals surface area contributed by atoms with Crippen molar-refractivity contribution in [2.45, 2.75) is 58.5 Å². The van der Waals surface area contributed by atoms with Gasteiger partial charge in [-0.1, -0.05) is 41.7 Å². The van der Waals surface area contributed by atoms with Crippen LogP contribution < -0.4 is 16.1 Å². The molecular formula is C22H26Cl3N7O2. The molecule has 2 heterocycles. The first-order valence-electron chi connectivity index (χ1n) is 10.9. The SMILES string of the molecule is CC(C)N(O)c1ncc2nc(Nc3c(Cl)cc(Cl)cc3Cl)n(C3CCC(C)(C(N)=O)CC3)c2n1. The van der Waals surface area contributed by atoms with E-state index >= 15 is 0 Å². The number of benzene rings is 1. The molecule has 0 radical (unpaired) electrons. The van der Waals surface area contributed by atoms with Crippen LogP contribution in [0, 0.1) is 5.41 Å². The Labute approximate surface area is 212 Å². The third-order valence-corrected chi connectivity index (χ3v) is 7.19. The number of nitrogens with two attached hydrogens (primary N) is 1. The predicted molar refractivity (Wildman–Crippen MR) is 134 cm³/mol. The van der Waals surface area contributed by atoms with E-state index in [0.29, 0.717) is 63.6 Å². The number of aromatic nitrogens is 4. The lowest BCUT2D eigenvalue weighted by Crippen LogP contribution is -2.38. The molecule has 0 bridgehead atoms. The number of nitrogens with one attached hydrogen (secondary N) is 1. The lowest BCUT2D eigenvalue weighted by Gasteiger charge is -2.35. The zero-order valence-electron chi connectivity index (χ0n) is 19.0. The van der Waals surface area contributed by atoms with E-state index in [1.165, 1.54) is 0 Å². The van der Waals surface area contributed by atoms with Gasteiger partial charge in [0, 0.05) is 16.5 Å². The molecule has 34 heavy (non-hydrogen) atoms. The first-order valence-corrected chi connectivity index (χ1v) is 12.1. The molecule has 1 saturated carbocycles. The molecule has 3 aromatic rings. The van der Waals surface area contributed by atoms with Gasteiger partial charge in [-0.3, -0.25) is 14.6 Å². The Morgan fingerprint density at radius 1 is 1.24 bits per heavy atom. The Balaban J connectivity index is 1.81. The highest BCUT2D eigenvalue weighted by Crippen LogP contribution is 2.44. The number of rotatable bonds is 6. The summed E-state index contributed by atoms with van der Waals surface area (Å²) in [6.07, 6.45) is 4.20. The van der Waals surface area contributed by atoms with Crippen LogP contribution in [0.15, 0.2) is 18.3 Å². The zero-order valence-corrected chi connectivity index (χ0v) is 21.3. The second-order valence-corrected chi connectivity index (χ2v) is 10.4. The van der Waals surface area contributed by atoms with Crippen LogP contribution in [0.3, 0.4) is 0 Å². The molecular weight excluding hydrogens is 501 g/mol. The van der Waals surface area contributed by atoms with Crippen LogP contribution in [0.1, 0.15) is 52.5 Å². The van der Waals surface area contributed by atoms with E-state index in [-0.39, 0.29) is 23.9 Å². The number of imidazole rings is 1. The van der Waals surface area contributed by atoms with Gasteiger partial charge >= 0.3 is 0 Å². The van der Waals surface area contributed by atoms with E-state index in [9.17, 15) is 10.0 Å². The molecule has 0 aliphatic heterocycles. The van der Waals surface area contributed by atoms with Crippen molar-refractivity contribution in [2.24, 2.45) is 11.1 Å². The van der Waals surface area contributed by atoms with Gasteiger partial charge in [-0.2, -0.15) is 4.98 Å². The fourth-order valence-corrected chi connectivity index (χ4v) is 5.09. The minimum Gasteiger partial charge on any atom is -0.369 e. The van der Waals surface area contributed by atoms with Crippen molar-refractivity contribution in [3.8, 4) is 0 Å². The van der Waals surface area contributed by atoms with Gasteiger partial charge in [0.1, 0.15) is 5.52 Å². The van der Waals surface area contributed by atoms with E-state index < -0.39 is 5.41 Å². The molecule has 1 aromatic carbocycles. The molecule has 1 fully saturated rings. The number of anilines is 3. The lowest BCUT2D eigenvalue weighted by atomic mass is 9.73. The molecule has 0 saturated heterocycles. The Bertz CT molecular complexity index is 1220. The maximum atomic E-state index is 12.0. The molecule has 4 N–H and O–H groups in total. The van der Waals surface area contributed by atoms with Crippen LogP contribution in [0.4, 0.5) is 17.6 Å². The van der Waals surface area contributed by atoms with E-state index in [1.807, 2.05) is 25.3 Å². The van der Waals surface area contributed by atoms with E-state index in [0.717, 1.165) is 5.06 Å². The summed E-state index contributed by atoms with van der Waals surface area (Å²) in [7, 11) is 0. The highest BCUT2D eigenvalue weighted by Gasteiger charge is 2.37. The Morgan fingerprint density at radius 2 is 1.85 bits per heavy atom. The number of fused-ring (bicyclic) bond motifs is 1. The van der Waals surface area contributed by atoms with E-state index in [2.05, 4.69) is 20.3 Å². The van der Waals surface area contributed by atoms with E-state index in [4.69, 9.17) is 40.5 Å². The molecule has 0 spiro atoms. The second kappa shape index (κ2) is 9.37. The van der Waals surface area contributed by atoms with Crippen LogP contribution in [-0.2, 0) is 4.79 Å². The van der Waals surface area contributed by atoms with Crippen molar-refractivity contribution in [2.75, 3.05) is 10.4 Å². The summed E-state index contributed by atoms with van der Waals surface area (Å²) in [5, 5.41) is 15.7. The third-order valence-electron chi connectivity index (χ3n) is 6.38. The van der Waals surface area contributed by atoms with Crippen LogP contribution in [0.25, 0.3) is 11.2 Å². The zero-order chi connectivity index (χ0) is 24.8. The van der Waals surface area contributed by atoms with Crippen molar-refractivity contribution < 1.29 is 10.0 Å². The van der Waals surface area contributed by atoms with Crippen molar-refractivity contribution in [1.82, 2.24) is 19.5 Å². The van der Waals surface area contributed by atoms with Crippen molar-refractivity contribution in [3.63, 3.8) is 0 Å². The fourth-order valence-electron chi connectivity index (χ4n) is 4.17. The van der Waals surface area contributed by atoms with Gasteiger partial charge in [0.25, 0.3) is 5.95 Å². The van der Waals surface area contributed by atoms with Crippen molar-refractivity contribution >= 4 is 69.5 Å². The second-order valence-electron chi connectivity index (χ2n) is 9.15. The molecule has 2 aromatic heterocycles. The molecule has 1 amide bonds. The molecule has 1 aliphatic rings. The van der Waals surface area contributed by atoms with Crippen LogP contribution >= 0.6 is 34.8 Å². The first-order chi connectivity index (χ1) is 16.0. The highest BCUT2D eigenvalue weighted by molar-refractivity contribution is 6.41. The van der Waals surface area contributed by atoms with Gasteiger partial charge in [-0.15, -0.1) is 0 Å². The summed E-state index contributed by atoms with van der Waals surface area (Å²) >= 11 is 18.9. The molecule has 1 aliphatic carbocycles. The predicted octanol–water partition coefficient (Wildman–Crippen LogP) is 5.74. The standard InChI is InChI=1S/C22H26Cl3N7O2/c1-11(2)32(34)20-27-10-16-18(30-20)31(13-4-6-22(3,7-5-13)19(26)33)21(28-16)29-17-14(24)8-12(23)9-15(17)25/h8-11,13,34H,4-7H2,1-3H3,(H2,26,33)(H,28,29). The van der Waals surface area contributed by atoms with Crippen LogP contribution in [0.2, 0.25) is 15.1 Å². The topological polar surface area (TPSA) is 122 Å². The number of halogens is 3. The molecule has 182 valence electrons. The Morgan fingerprint density at radius 3 is 2.41 bits per heavy atom. The molecule has 9 nitrogen and oxygen atoms in total. The Kier molecular flexibility index (Phi) is 6.83. The number of primary amides is 1. The fraction of sp³-hybridized carbons (Fsp3) is 0.455. The lowest BCUT2D eigenvalue weighted by molar-refractivity contribution is -0.128. The average molecular weight is 527 g/mol. The van der Waals surface area contributed by atoms with Gasteiger partial charge < -0.3 is 11.1 Å². The minimum absolute atomic E-state index is 0.0290. The largest absolute Gasteiger partial charge is 0.369 e. The van der Waals surface area contributed by atoms with Gasteiger partial charge in [-0.05, 0) is 51.7 Å². The first kappa shape index (κ1) is 24.8. The smallest absolute Gasteiger partial charge is 0.251 e. The number of nitrogens with zero attached hydrogens (tertiary/aromatic N) is 5. The van der Waals surface area contributed by atoms with Crippen LogP contribution in [0.5, 0.6) is 0 Å². The monoisotopic (exact) mass is 525 g/mol. The summed E-state index contributed by atoms with van der Waals surface area (Å²) in [5.41, 5.74) is 6.64. The van der Waals surface area contributed by atoms with Gasteiger partial charge in [0.2, 0.25) is 11.9 Å². The number of hydrogen-bond acceptors (Lipinski definition) is 7. The van der Waals surface area contributed by atoms with Crippen molar-refractivity contribution in [1.29, 1.82) is 0 Å².